The fourth-order valence-corrected chi connectivity index (χ4v) is 5.30. The van der Waals surface area contributed by atoms with E-state index in [9.17, 15) is 14.4 Å². The van der Waals surface area contributed by atoms with Crippen LogP contribution in [0.2, 0.25) is 0 Å². The standard InChI is InChI=1S/C23H31N5O3/c29-15-22(30)21-4-2-18(12-25-21)28-14-17-9-16(1-3-20(17)23(28)31)13-26-5-7-27(8-6-26)19-10-24-11-19/h1,3,9,15,18-19,21,24-25H,2,4-8,10-14H2. The van der Waals surface area contributed by atoms with Crippen molar-refractivity contribution in [1.29, 1.82) is 0 Å². The Bertz CT molecular complexity index is 855. The molecule has 5 rings (SSSR count). The minimum Gasteiger partial charge on any atom is -0.330 e. The highest BCUT2D eigenvalue weighted by atomic mass is 16.2. The van der Waals surface area contributed by atoms with Gasteiger partial charge >= 0.3 is 0 Å². The lowest BCUT2D eigenvalue weighted by Crippen LogP contribution is -2.61. The number of fused-ring (bicyclic) bond motifs is 1. The molecule has 0 saturated carbocycles. The van der Waals surface area contributed by atoms with E-state index >= 15 is 0 Å². The molecule has 4 aliphatic rings. The van der Waals surface area contributed by atoms with Crippen molar-refractivity contribution >= 4 is 18.0 Å². The summed E-state index contributed by atoms with van der Waals surface area (Å²) in [6.07, 6.45) is 1.72. The van der Waals surface area contributed by atoms with Crippen LogP contribution in [0.4, 0.5) is 0 Å². The van der Waals surface area contributed by atoms with Gasteiger partial charge in [-0.25, -0.2) is 0 Å². The van der Waals surface area contributed by atoms with E-state index in [4.69, 9.17) is 0 Å². The number of amides is 1. The fraction of sp³-hybridized carbons (Fsp3) is 0.609. The zero-order valence-corrected chi connectivity index (χ0v) is 17.9. The first-order valence-electron chi connectivity index (χ1n) is 11.4. The van der Waals surface area contributed by atoms with E-state index in [0.717, 1.165) is 69.4 Å². The van der Waals surface area contributed by atoms with Gasteiger partial charge in [0, 0.05) is 76.5 Å². The Kier molecular flexibility index (Phi) is 5.88. The lowest BCUT2D eigenvalue weighted by molar-refractivity contribution is -0.131. The van der Waals surface area contributed by atoms with Crippen LogP contribution in [0.15, 0.2) is 18.2 Å². The zero-order chi connectivity index (χ0) is 21.4. The molecule has 4 heterocycles. The number of hydrogen-bond acceptors (Lipinski definition) is 7. The molecule has 4 aliphatic heterocycles. The molecular formula is C23H31N5O3. The number of piperidine rings is 1. The molecule has 8 nitrogen and oxygen atoms in total. The third-order valence-corrected chi connectivity index (χ3v) is 7.38. The third-order valence-electron chi connectivity index (χ3n) is 7.38. The Morgan fingerprint density at radius 1 is 1.06 bits per heavy atom. The second-order valence-electron chi connectivity index (χ2n) is 9.26. The van der Waals surface area contributed by atoms with Crippen LogP contribution in [-0.2, 0) is 22.7 Å². The number of carbonyl (C=O) groups excluding carboxylic acids is 3. The molecule has 8 heteroatoms. The topological polar surface area (TPSA) is 85.0 Å². The molecule has 2 N–H and O–H groups in total. The smallest absolute Gasteiger partial charge is 0.254 e. The van der Waals surface area contributed by atoms with E-state index in [1.165, 1.54) is 5.56 Å². The van der Waals surface area contributed by atoms with E-state index < -0.39 is 11.8 Å². The average Bonchev–Trinajstić information content (AvgIpc) is 3.09. The summed E-state index contributed by atoms with van der Waals surface area (Å²) in [6.45, 7) is 8.80. The molecule has 2 unspecified atom stereocenters. The highest BCUT2D eigenvalue weighted by molar-refractivity contribution is 6.27. The normalized spacial score (nSPS) is 27.7. The van der Waals surface area contributed by atoms with Gasteiger partial charge in [0.15, 0.2) is 6.29 Å². The zero-order valence-electron chi connectivity index (χ0n) is 17.9. The third kappa shape index (κ3) is 4.17. The summed E-state index contributed by atoms with van der Waals surface area (Å²) in [5, 5.41) is 6.49. The highest BCUT2D eigenvalue weighted by Gasteiger charge is 2.36. The molecule has 0 aliphatic carbocycles. The van der Waals surface area contributed by atoms with E-state index in [1.807, 2.05) is 11.0 Å². The molecule has 3 fully saturated rings. The number of Topliss-reactive ketones (excluding diaryl/α,β-unsaturated/α-hetero) is 1. The van der Waals surface area contributed by atoms with Gasteiger partial charge in [0.2, 0.25) is 5.78 Å². The largest absolute Gasteiger partial charge is 0.330 e. The molecule has 1 amide bonds. The number of benzene rings is 1. The maximum Gasteiger partial charge on any atom is 0.254 e. The average molecular weight is 426 g/mol. The first-order chi connectivity index (χ1) is 15.1. The molecule has 0 aromatic heterocycles. The van der Waals surface area contributed by atoms with Gasteiger partial charge in [-0.15, -0.1) is 0 Å². The summed E-state index contributed by atoms with van der Waals surface area (Å²) in [5.74, 6) is -0.319. The molecule has 1 aromatic carbocycles. The lowest BCUT2D eigenvalue weighted by atomic mass is 9.97. The summed E-state index contributed by atoms with van der Waals surface area (Å²) in [5.41, 5.74) is 3.18. The summed E-state index contributed by atoms with van der Waals surface area (Å²) in [6, 6.07) is 6.66. The van der Waals surface area contributed by atoms with Crippen molar-refractivity contribution in [2.24, 2.45) is 0 Å². The second kappa shape index (κ2) is 8.78. The quantitative estimate of drug-likeness (QED) is 0.475. The van der Waals surface area contributed by atoms with E-state index in [0.29, 0.717) is 25.8 Å². The van der Waals surface area contributed by atoms with Crippen molar-refractivity contribution in [3.63, 3.8) is 0 Å². The van der Waals surface area contributed by atoms with Crippen LogP contribution in [0.1, 0.15) is 34.3 Å². The molecule has 0 radical (unpaired) electrons. The number of aldehydes is 1. The number of rotatable bonds is 6. The predicted molar refractivity (Wildman–Crippen MR) is 116 cm³/mol. The summed E-state index contributed by atoms with van der Waals surface area (Å²) < 4.78 is 0. The Morgan fingerprint density at radius 2 is 1.87 bits per heavy atom. The Balaban J connectivity index is 1.17. The summed E-state index contributed by atoms with van der Waals surface area (Å²) in [4.78, 5) is 42.3. The Morgan fingerprint density at radius 3 is 2.52 bits per heavy atom. The SMILES string of the molecule is O=CC(=O)C1CCC(N2Cc3cc(CN4CCN(C5CNC5)CC4)ccc3C2=O)CN1. The molecular weight excluding hydrogens is 394 g/mol. The minimum atomic E-state index is -0.401. The van der Waals surface area contributed by atoms with E-state index in [1.54, 1.807) is 0 Å². The predicted octanol–water partition coefficient (Wildman–Crippen LogP) is -0.380. The number of nitrogens with one attached hydrogen (secondary N) is 2. The number of hydrogen-bond donors (Lipinski definition) is 2. The van der Waals surface area contributed by atoms with Crippen molar-refractivity contribution in [2.45, 2.75) is 44.1 Å². The maximum atomic E-state index is 13.0. The number of piperazine rings is 1. The number of nitrogens with zero attached hydrogens (tertiary/aromatic N) is 3. The fourth-order valence-electron chi connectivity index (χ4n) is 5.30. The molecule has 0 spiro atoms. The van der Waals surface area contributed by atoms with Gasteiger partial charge in [-0.2, -0.15) is 0 Å². The van der Waals surface area contributed by atoms with Crippen LogP contribution < -0.4 is 10.6 Å². The lowest BCUT2D eigenvalue weighted by Gasteiger charge is -2.43. The molecule has 3 saturated heterocycles. The van der Waals surface area contributed by atoms with Crippen LogP contribution in [0.5, 0.6) is 0 Å². The second-order valence-corrected chi connectivity index (χ2v) is 9.26. The van der Waals surface area contributed by atoms with Gasteiger partial charge in [0.05, 0.1) is 6.04 Å². The number of ketones is 1. The molecule has 1 aromatic rings. The molecule has 31 heavy (non-hydrogen) atoms. The van der Waals surface area contributed by atoms with Gasteiger partial charge in [0.25, 0.3) is 5.91 Å². The van der Waals surface area contributed by atoms with Crippen molar-refractivity contribution in [2.75, 3.05) is 45.8 Å². The molecule has 0 bridgehead atoms. The van der Waals surface area contributed by atoms with Crippen LogP contribution in [-0.4, -0.2) is 96.6 Å². The number of carbonyl (C=O) groups is 3. The van der Waals surface area contributed by atoms with Gasteiger partial charge in [-0.3, -0.25) is 24.2 Å². The van der Waals surface area contributed by atoms with Crippen molar-refractivity contribution in [1.82, 2.24) is 25.3 Å². The first kappa shape index (κ1) is 20.8. The monoisotopic (exact) mass is 425 g/mol. The Hall–Kier alpha value is -2.13. The van der Waals surface area contributed by atoms with Gasteiger partial charge in [-0.1, -0.05) is 12.1 Å². The van der Waals surface area contributed by atoms with Crippen LogP contribution in [0, 0.1) is 0 Å². The molecule has 166 valence electrons. The van der Waals surface area contributed by atoms with E-state index in [2.05, 4.69) is 32.6 Å². The van der Waals surface area contributed by atoms with Crippen molar-refractivity contribution < 1.29 is 14.4 Å². The van der Waals surface area contributed by atoms with Crippen LogP contribution in [0.3, 0.4) is 0 Å². The summed E-state index contributed by atoms with van der Waals surface area (Å²) >= 11 is 0. The minimum absolute atomic E-state index is 0.0631. The highest BCUT2D eigenvalue weighted by Crippen LogP contribution is 2.29. The van der Waals surface area contributed by atoms with Crippen LogP contribution >= 0.6 is 0 Å². The van der Waals surface area contributed by atoms with Crippen molar-refractivity contribution in [3.8, 4) is 0 Å². The van der Waals surface area contributed by atoms with Crippen molar-refractivity contribution in [3.05, 3.63) is 34.9 Å². The first-order valence-corrected chi connectivity index (χ1v) is 11.4. The Labute approximate surface area is 182 Å². The van der Waals surface area contributed by atoms with Gasteiger partial charge < -0.3 is 15.5 Å². The van der Waals surface area contributed by atoms with Crippen LogP contribution in [0.25, 0.3) is 0 Å². The molecule has 2 atom stereocenters. The van der Waals surface area contributed by atoms with E-state index in [-0.39, 0.29) is 11.9 Å². The summed E-state index contributed by atoms with van der Waals surface area (Å²) in [7, 11) is 0. The van der Waals surface area contributed by atoms with Gasteiger partial charge in [-0.05, 0) is 30.0 Å². The maximum absolute atomic E-state index is 13.0. The van der Waals surface area contributed by atoms with Gasteiger partial charge in [0.1, 0.15) is 0 Å².